The van der Waals surface area contributed by atoms with Gasteiger partial charge in [0.15, 0.2) is 0 Å². The number of imide groups is 2. The van der Waals surface area contributed by atoms with Gasteiger partial charge in [0.25, 0.3) is 17.7 Å². The molecule has 0 radical (unpaired) electrons. The van der Waals surface area contributed by atoms with Crippen molar-refractivity contribution < 1.29 is 28.7 Å². The number of primary amides is 1. The van der Waals surface area contributed by atoms with E-state index < -0.39 is 35.6 Å². The zero-order chi connectivity index (χ0) is 27.5. The number of unbranched alkanes of at least 4 members (excludes halogenated alkanes) is 1. The van der Waals surface area contributed by atoms with Gasteiger partial charge in [-0.1, -0.05) is 0 Å². The van der Waals surface area contributed by atoms with Gasteiger partial charge in [0.1, 0.15) is 17.5 Å². The van der Waals surface area contributed by atoms with Crippen LogP contribution in [0.2, 0.25) is 0 Å². The van der Waals surface area contributed by atoms with E-state index in [4.69, 9.17) is 10.5 Å². The number of fused-ring (bicyclic) bond motifs is 1. The summed E-state index contributed by atoms with van der Waals surface area (Å²) in [5, 5.41) is 8.97. The fourth-order valence-electron chi connectivity index (χ4n) is 5.15. The van der Waals surface area contributed by atoms with Crippen molar-refractivity contribution >= 4 is 29.5 Å². The van der Waals surface area contributed by atoms with E-state index in [1.54, 1.807) is 24.3 Å². The van der Waals surface area contributed by atoms with Gasteiger partial charge in [-0.25, -0.2) is 0 Å². The minimum Gasteiger partial charge on any atom is -0.494 e. The molecule has 0 saturated carbocycles. The summed E-state index contributed by atoms with van der Waals surface area (Å²) in [5.41, 5.74) is 6.81. The minimum absolute atomic E-state index is 0.0816. The Balaban J connectivity index is 1.03. The number of hydrogen-bond donors (Lipinski definition) is 3. The Morgan fingerprint density at radius 2 is 1.74 bits per heavy atom. The molecule has 0 bridgehead atoms. The van der Waals surface area contributed by atoms with E-state index in [1.165, 1.54) is 0 Å². The zero-order valence-corrected chi connectivity index (χ0v) is 21.5. The molecule has 0 spiro atoms. The number of H-pyrrole nitrogens is 1. The predicted molar refractivity (Wildman–Crippen MR) is 137 cm³/mol. The summed E-state index contributed by atoms with van der Waals surface area (Å²) in [4.78, 5) is 66.2. The van der Waals surface area contributed by atoms with Gasteiger partial charge in [-0.05, 0) is 50.1 Å². The fraction of sp³-hybridized carbons (Fsp3) is 0.462. The molecule has 1 aromatic heterocycles. The Kier molecular flexibility index (Phi) is 7.70. The lowest BCUT2D eigenvalue weighted by molar-refractivity contribution is -0.136. The Bertz CT molecular complexity index is 1300. The SMILES string of the molecule is NC(=O)c1cc(CN2CCN(CCCCOc3ccc4c(c3)C(=O)N(C3CCC(=O)NC3=O)C4=O)CC2)[nH]n1. The smallest absolute Gasteiger partial charge is 0.269 e. The van der Waals surface area contributed by atoms with Crippen LogP contribution in [0.4, 0.5) is 0 Å². The van der Waals surface area contributed by atoms with Crippen LogP contribution in [0, 0.1) is 0 Å². The Labute approximate surface area is 224 Å². The van der Waals surface area contributed by atoms with Crippen molar-refractivity contribution in [2.75, 3.05) is 39.3 Å². The Morgan fingerprint density at radius 3 is 2.46 bits per heavy atom. The second-order valence-corrected chi connectivity index (χ2v) is 9.97. The highest BCUT2D eigenvalue weighted by Crippen LogP contribution is 2.30. The number of ether oxygens (including phenoxy) is 1. The molecule has 2 fully saturated rings. The average molecular weight is 538 g/mol. The zero-order valence-electron chi connectivity index (χ0n) is 21.5. The molecule has 1 aromatic carbocycles. The van der Waals surface area contributed by atoms with Crippen LogP contribution in [0.3, 0.4) is 0 Å². The molecule has 5 rings (SSSR count). The summed E-state index contributed by atoms with van der Waals surface area (Å²) in [5.74, 6) is -2.16. The van der Waals surface area contributed by atoms with Crippen LogP contribution in [0.1, 0.15) is 62.6 Å². The van der Waals surface area contributed by atoms with Crippen LogP contribution < -0.4 is 15.8 Å². The number of nitrogens with one attached hydrogen (secondary N) is 2. The van der Waals surface area contributed by atoms with E-state index in [1.807, 2.05) is 0 Å². The molecule has 2 aromatic rings. The molecule has 2 saturated heterocycles. The summed E-state index contributed by atoms with van der Waals surface area (Å²) in [6, 6.07) is 5.46. The Hall–Kier alpha value is -4.10. The first-order chi connectivity index (χ1) is 18.8. The van der Waals surface area contributed by atoms with E-state index in [0.29, 0.717) is 18.9 Å². The average Bonchev–Trinajstić information content (AvgIpc) is 3.48. The van der Waals surface area contributed by atoms with Crippen LogP contribution in [-0.4, -0.2) is 99.8 Å². The molecule has 1 atom stereocenters. The van der Waals surface area contributed by atoms with E-state index >= 15 is 0 Å². The summed E-state index contributed by atoms with van der Waals surface area (Å²) in [6.45, 7) is 5.84. The standard InChI is InChI=1S/C26H31N7O6/c27-23(35)20-13-16(29-30-20)15-32-10-8-31(9-11-32)7-1-2-12-39-17-3-4-18-19(14-17)26(38)33(25(18)37)21-5-6-22(34)28-24(21)36/h3-4,13-14,21H,1-2,5-12,15H2,(H2,27,35)(H,29,30)(H,28,34,36). The van der Waals surface area contributed by atoms with Gasteiger partial charge in [-0.15, -0.1) is 0 Å². The number of piperidine rings is 1. The van der Waals surface area contributed by atoms with Gasteiger partial charge in [0.05, 0.1) is 23.4 Å². The normalized spacial score (nSPS) is 20.3. The fourth-order valence-corrected chi connectivity index (χ4v) is 5.15. The molecule has 206 valence electrons. The number of aromatic amines is 1. The number of benzene rings is 1. The molecule has 13 heteroatoms. The summed E-state index contributed by atoms with van der Waals surface area (Å²) in [6.07, 6.45) is 1.99. The summed E-state index contributed by atoms with van der Waals surface area (Å²) >= 11 is 0. The van der Waals surface area contributed by atoms with Gasteiger partial charge < -0.3 is 15.4 Å². The van der Waals surface area contributed by atoms with E-state index in [-0.39, 0.29) is 29.7 Å². The first kappa shape index (κ1) is 26.5. The largest absolute Gasteiger partial charge is 0.494 e. The number of nitrogens with two attached hydrogens (primary N) is 1. The number of nitrogens with zero attached hydrogens (tertiary/aromatic N) is 4. The number of rotatable bonds is 10. The lowest BCUT2D eigenvalue weighted by Crippen LogP contribution is -2.54. The second-order valence-electron chi connectivity index (χ2n) is 9.97. The molecule has 0 aliphatic carbocycles. The molecule has 1 unspecified atom stereocenters. The minimum atomic E-state index is -0.985. The highest BCUT2D eigenvalue weighted by atomic mass is 16.5. The molecule has 39 heavy (non-hydrogen) atoms. The lowest BCUT2D eigenvalue weighted by atomic mass is 10.0. The van der Waals surface area contributed by atoms with Crippen LogP contribution >= 0.6 is 0 Å². The summed E-state index contributed by atoms with van der Waals surface area (Å²) < 4.78 is 5.85. The van der Waals surface area contributed by atoms with Crippen molar-refractivity contribution in [2.45, 2.75) is 38.3 Å². The summed E-state index contributed by atoms with van der Waals surface area (Å²) in [7, 11) is 0. The molecule has 13 nitrogen and oxygen atoms in total. The van der Waals surface area contributed by atoms with E-state index in [2.05, 4.69) is 25.3 Å². The monoisotopic (exact) mass is 537 g/mol. The highest BCUT2D eigenvalue weighted by Gasteiger charge is 2.44. The maximum absolute atomic E-state index is 12.9. The van der Waals surface area contributed by atoms with E-state index in [0.717, 1.165) is 56.2 Å². The maximum Gasteiger partial charge on any atom is 0.269 e. The van der Waals surface area contributed by atoms with Gasteiger partial charge >= 0.3 is 0 Å². The van der Waals surface area contributed by atoms with Crippen molar-refractivity contribution in [1.82, 2.24) is 30.2 Å². The van der Waals surface area contributed by atoms with E-state index in [9.17, 15) is 24.0 Å². The molecule has 5 amide bonds. The second kappa shape index (κ2) is 11.3. The van der Waals surface area contributed by atoms with Crippen molar-refractivity contribution in [3.63, 3.8) is 0 Å². The van der Waals surface area contributed by atoms with Crippen LogP contribution in [0.15, 0.2) is 24.3 Å². The third-order valence-corrected chi connectivity index (χ3v) is 7.29. The first-order valence-electron chi connectivity index (χ1n) is 13.1. The van der Waals surface area contributed by atoms with Crippen LogP contribution in [0.5, 0.6) is 5.75 Å². The lowest BCUT2D eigenvalue weighted by Gasteiger charge is -2.34. The number of carbonyl (C=O) groups is 5. The quantitative estimate of drug-likeness (QED) is 0.276. The molecule has 3 aliphatic heterocycles. The predicted octanol–water partition coefficient (Wildman–Crippen LogP) is -0.113. The molecule has 4 heterocycles. The topological polar surface area (TPSA) is 171 Å². The molecular weight excluding hydrogens is 506 g/mol. The number of hydrogen-bond acceptors (Lipinski definition) is 9. The van der Waals surface area contributed by atoms with Gasteiger partial charge in [-0.3, -0.25) is 44.2 Å². The molecular formula is C26H31N7O6. The first-order valence-corrected chi connectivity index (χ1v) is 13.1. The van der Waals surface area contributed by atoms with Gasteiger partial charge in [-0.2, -0.15) is 5.10 Å². The maximum atomic E-state index is 12.9. The van der Waals surface area contributed by atoms with Crippen LogP contribution in [-0.2, 0) is 16.1 Å². The number of amides is 5. The van der Waals surface area contributed by atoms with Crippen molar-refractivity contribution in [3.05, 3.63) is 46.8 Å². The van der Waals surface area contributed by atoms with Crippen molar-refractivity contribution in [3.8, 4) is 5.75 Å². The highest BCUT2D eigenvalue weighted by molar-refractivity contribution is 6.23. The molecule has 3 aliphatic rings. The number of piperazine rings is 1. The Morgan fingerprint density at radius 1 is 1.00 bits per heavy atom. The van der Waals surface area contributed by atoms with Crippen LogP contribution in [0.25, 0.3) is 0 Å². The van der Waals surface area contributed by atoms with Gasteiger partial charge in [0.2, 0.25) is 11.8 Å². The molecule has 4 N–H and O–H groups in total. The van der Waals surface area contributed by atoms with Gasteiger partial charge in [0, 0.05) is 39.1 Å². The van der Waals surface area contributed by atoms with Crippen molar-refractivity contribution in [2.24, 2.45) is 5.73 Å². The number of aromatic nitrogens is 2. The third-order valence-electron chi connectivity index (χ3n) is 7.29. The third kappa shape index (κ3) is 5.83. The van der Waals surface area contributed by atoms with Crippen molar-refractivity contribution in [1.29, 1.82) is 0 Å². The number of carbonyl (C=O) groups excluding carboxylic acids is 5.